The maximum absolute atomic E-state index is 13.2. The quantitative estimate of drug-likeness (QED) is 0.732. The Bertz CT molecular complexity index is 920. The summed E-state index contributed by atoms with van der Waals surface area (Å²) in [6, 6.07) is 4.78. The molecule has 0 bridgehead atoms. The van der Waals surface area contributed by atoms with Crippen LogP contribution in [0.4, 0.5) is 0 Å². The Labute approximate surface area is 164 Å². The number of nitrogens with zero attached hydrogens (tertiary/aromatic N) is 1. The van der Waals surface area contributed by atoms with Crippen LogP contribution >= 0.6 is 0 Å². The van der Waals surface area contributed by atoms with Crippen molar-refractivity contribution in [2.45, 2.75) is 51.2 Å². The van der Waals surface area contributed by atoms with Crippen molar-refractivity contribution in [3.8, 4) is 5.75 Å². The molecule has 150 valence electrons. The van der Waals surface area contributed by atoms with E-state index in [1.165, 1.54) is 0 Å². The normalized spacial score (nSPS) is 24.3. The van der Waals surface area contributed by atoms with Gasteiger partial charge in [0.2, 0.25) is 11.8 Å². The van der Waals surface area contributed by atoms with Gasteiger partial charge in [-0.05, 0) is 43.0 Å². The average molecular weight is 384 g/mol. The van der Waals surface area contributed by atoms with Crippen LogP contribution in [0.15, 0.2) is 18.2 Å². The summed E-state index contributed by atoms with van der Waals surface area (Å²) in [5.74, 6) is 1.05. The van der Waals surface area contributed by atoms with Gasteiger partial charge in [0.25, 0.3) is 0 Å². The van der Waals surface area contributed by atoms with E-state index < -0.39 is 12.1 Å². The zero-order chi connectivity index (χ0) is 20.0. The topological polar surface area (TPSA) is 100 Å². The molecule has 1 aromatic carbocycles. The molecule has 7 nitrogen and oxygen atoms in total. The number of carbonyl (C=O) groups is 2. The number of hydrogen-bond acceptors (Lipinski definition) is 4. The Kier molecular flexibility index (Phi) is 4.79. The first-order chi connectivity index (χ1) is 13.4. The number of methoxy groups -OCH3 is 1. The third-order valence-corrected chi connectivity index (χ3v) is 5.87. The summed E-state index contributed by atoms with van der Waals surface area (Å²) in [6.45, 7) is 4.64. The van der Waals surface area contributed by atoms with E-state index in [-0.39, 0.29) is 17.9 Å². The molecular weight excluding hydrogens is 356 g/mol. The number of nitrogens with one attached hydrogen (secondary N) is 2. The van der Waals surface area contributed by atoms with E-state index in [1.807, 2.05) is 23.1 Å². The van der Waals surface area contributed by atoms with Gasteiger partial charge in [-0.25, -0.2) is 0 Å². The number of fused-ring (bicyclic) bond motifs is 4. The molecule has 3 atom stereocenters. The molecule has 1 aromatic heterocycles. The van der Waals surface area contributed by atoms with Crippen molar-refractivity contribution in [2.24, 2.45) is 11.7 Å². The highest BCUT2D eigenvalue weighted by Gasteiger charge is 2.48. The van der Waals surface area contributed by atoms with Crippen LogP contribution in [0.2, 0.25) is 0 Å². The maximum Gasteiger partial charge on any atom is 0.246 e. The summed E-state index contributed by atoms with van der Waals surface area (Å²) in [5.41, 5.74) is 8.82. The lowest BCUT2D eigenvalue weighted by Crippen LogP contribution is -2.66. The highest BCUT2D eigenvalue weighted by atomic mass is 16.5. The average Bonchev–Trinajstić information content (AvgIpc) is 3.03. The fraction of sp³-hybridized carbons (Fsp3) is 0.524. The lowest BCUT2D eigenvalue weighted by molar-refractivity contribution is -0.153. The number of benzene rings is 1. The number of amides is 2. The second kappa shape index (κ2) is 7.13. The SMILES string of the molecule is COc1ccc2c3c([nH]c2c1)C(CC(C)C)N1C(=O)C(CCN)NC(=O)C1C3. The second-order valence-electron chi connectivity index (χ2n) is 8.18. The Morgan fingerprint density at radius 2 is 2.11 bits per heavy atom. The van der Waals surface area contributed by atoms with E-state index in [1.54, 1.807) is 7.11 Å². The number of H-pyrrole nitrogens is 1. The van der Waals surface area contributed by atoms with Gasteiger partial charge in [-0.1, -0.05) is 13.8 Å². The van der Waals surface area contributed by atoms with Crippen molar-refractivity contribution in [1.82, 2.24) is 15.2 Å². The second-order valence-corrected chi connectivity index (χ2v) is 8.18. The van der Waals surface area contributed by atoms with Crippen molar-refractivity contribution in [2.75, 3.05) is 13.7 Å². The number of hydrogen-bond donors (Lipinski definition) is 3. The van der Waals surface area contributed by atoms with Gasteiger partial charge in [-0.3, -0.25) is 9.59 Å². The smallest absolute Gasteiger partial charge is 0.246 e. The van der Waals surface area contributed by atoms with Gasteiger partial charge in [-0.15, -0.1) is 0 Å². The van der Waals surface area contributed by atoms with Gasteiger partial charge < -0.3 is 25.7 Å². The predicted molar refractivity (Wildman–Crippen MR) is 107 cm³/mol. The number of ether oxygens (including phenoxy) is 1. The largest absolute Gasteiger partial charge is 0.497 e. The number of nitrogens with two attached hydrogens (primary N) is 1. The van der Waals surface area contributed by atoms with Crippen molar-refractivity contribution < 1.29 is 14.3 Å². The molecule has 3 unspecified atom stereocenters. The molecule has 1 fully saturated rings. The minimum Gasteiger partial charge on any atom is -0.497 e. The number of piperazine rings is 1. The fourth-order valence-electron chi connectivity index (χ4n) is 4.61. The van der Waals surface area contributed by atoms with Crippen LogP contribution in [0.5, 0.6) is 5.75 Å². The van der Waals surface area contributed by atoms with Gasteiger partial charge in [0.1, 0.15) is 17.8 Å². The molecule has 4 N–H and O–H groups in total. The Hall–Kier alpha value is -2.54. The van der Waals surface area contributed by atoms with Crippen LogP contribution in [0.3, 0.4) is 0 Å². The molecule has 0 radical (unpaired) electrons. The molecule has 0 spiro atoms. The Morgan fingerprint density at radius 1 is 1.32 bits per heavy atom. The van der Waals surface area contributed by atoms with Crippen molar-refractivity contribution >= 4 is 22.7 Å². The zero-order valence-corrected chi connectivity index (χ0v) is 16.6. The molecular formula is C21H28N4O3. The first-order valence-corrected chi connectivity index (χ1v) is 9.95. The van der Waals surface area contributed by atoms with Gasteiger partial charge in [-0.2, -0.15) is 0 Å². The molecule has 2 amide bonds. The number of carbonyl (C=O) groups excluding carboxylic acids is 2. The van der Waals surface area contributed by atoms with Crippen LogP contribution in [-0.4, -0.2) is 47.4 Å². The number of rotatable bonds is 5. The number of aromatic nitrogens is 1. The van der Waals surface area contributed by atoms with E-state index in [9.17, 15) is 9.59 Å². The fourth-order valence-corrected chi connectivity index (χ4v) is 4.61. The summed E-state index contributed by atoms with van der Waals surface area (Å²) in [6.07, 6.45) is 1.77. The van der Waals surface area contributed by atoms with E-state index in [4.69, 9.17) is 10.5 Å². The summed E-state index contributed by atoms with van der Waals surface area (Å²) >= 11 is 0. The standard InChI is InChI=1S/C21H28N4O3/c1-11(2)8-17-19-14(13-5-4-12(28-3)9-16(13)23-19)10-18-20(26)24-15(6-7-22)21(27)25(17)18/h4-5,9,11,15,17-18,23H,6-8,10,22H2,1-3H3,(H,24,26). The molecule has 2 aliphatic heterocycles. The van der Waals surface area contributed by atoms with Gasteiger partial charge >= 0.3 is 0 Å². The van der Waals surface area contributed by atoms with E-state index in [2.05, 4.69) is 24.1 Å². The van der Waals surface area contributed by atoms with Gasteiger partial charge in [0.15, 0.2) is 0 Å². The van der Waals surface area contributed by atoms with E-state index in [0.717, 1.165) is 34.3 Å². The van der Waals surface area contributed by atoms with E-state index in [0.29, 0.717) is 25.3 Å². The lowest BCUT2D eigenvalue weighted by atomic mass is 9.85. The molecule has 2 aliphatic rings. The third-order valence-electron chi connectivity index (χ3n) is 5.87. The zero-order valence-electron chi connectivity index (χ0n) is 16.6. The molecule has 0 aliphatic carbocycles. The predicted octanol–water partition coefficient (Wildman–Crippen LogP) is 1.86. The minimum atomic E-state index is -0.533. The maximum atomic E-state index is 13.2. The molecule has 3 heterocycles. The van der Waals surface area contributed by atoms with Crippen molar-refractivity contribution in [1.29, 1.82) is 0 Å². The number of aromatic amines is 1. The third kappa shape index (κ3) is 2.94. The molecule has 28 heavy (non-hydrogen) atoms. The Morgan fingerprint density at radius 3 is 2.79 bits per heavy atom. The summed E-state index contributed by atoms with van der Waals surface area (Å²) in [4.78, 5) is 31.5. The highest BCUT2D eigenvalue weighted by molar-refractivity contribution is 5.99. The minimum absolute atomic E-state index is 0.0254. The van der Waals surface area contributed by atoms with Crippen molar-refractivity contribution in [3.63, 3.8) is 0 Å². The van der Waals surface area contributed by atoms with Crippen molar-refractivity contribution in [3.05, 3.63) is 29.5 Å². The van der Waals surface area contributed by atoms with Crippen LogP contribution in [0.1, 0.15) is 44.0 Å². The summed E-state index contributed by atoms with van der Waals surface area (Å²) in [5, 5.41) is 3.98. The highest BCUT2D eigenvalue weighted by Crippen LogP contribution is 2.42. The Balaban J connectivity index is 1.84. The molecule has 7 heteroatoms. The molecule has 2 aromatic rings. The molecule has 0 saturated carbocycles. The summed E-state index contributed by atoms with van der Waals surface area (Å²) in [7, 11) is 1.65. The van der Waals surface area contributed by atoms with Gasteiger partial charge in [0.05, 0.1) is 13.2 Å². The molecule has 1 saturated heterocycles. The first-order valence-electron chi connectivity index (χ1n) is 9.95. The monoisotopic (exact) mass is 384 g/mol. The van der Waals surface area contributed by atoms with Crippen LogP contribution in [-0.2, 0) is 16.0 Å². The first kappa shape index (κ1) is 18.8. The lowest BCUT2D eigenvalue weighted by Gasteiger charge is -2.46. The molecule has 4 rings (SSSR count). The van der Waals surface area contributed by atoms with Crippen LogP contribution < -0.4 is 15.8 Å². The van der Waals surface area contributed by atoms with Gasteiger partial charge in [0, 0.05) is 29.1 Å². The van der Waals surface area contributed by atoms with Crippen LogP contribution in [0, 0.1) is 5.92 Å². The summed E-state index contributed by atoms with van der Waals surface area (Å²) < 4.78 is 5.35. The van der Waals surface area contributed by atoms with Crippen LogP contribution in [0.25, 0.3) is 10.9 Å². The van der Waals surface area contributed by atoms with E-state index >= 15 is 0 Å².